The van der Waals surface area contributed by atoms with Crippen LogP contribution in [0.1, 0.15) is 32.8 Å². The molecule has 1 saturated heterocycles. The van der Waals surface area contributed by atoms with Crippen LogP contribution in [0.15, 0.2) is 18.2 Å². The van der Waals surface area contributed by atoms with E-state index in [1.165, 1.54) is 6.42 Å². The van der Waals surface area contributed by atoms with E-state index in [-0.39, 0.29) is 10.6 Å². The standard InChI is InChI=1S/C16H25N3O2/c1-4-17-16-14(6-5-7-15(16)19(20)21)11-18-9-8-12(2)13(3)10-18/h5-7,12-13,17H,4,8-11H2,1-3H3. The molecule has 1 aromatic rings. The summed E-state index contributed by atoms with van der Waals surface area (Å²) in [7, 11) is 0. The molecule has 0 saturated carbocycles. The topological polar surface area (TPSA) is 58.4 Å². The summed E-state index contributed by atoms with van der Waals surface area (Å²) in [5.41, 5.74) is 1.87. The van der Waals surface area contributed by atoms with Gasteiger partial charge in [0, 0.05) is 25.7 Å². The van der Waals surface area contributed by atoms with Gasteiger partial charge in [0.2, 0.25) is 0 Å². The Kier molecular flexibility index (Phi) is 5.17. The third-order valence-electron chi connectivity index (χ3n) is 4.49. The normalized spacial score (nSPS) is 23.0. The van der Waals surface area contributed by atoms with Crippen molar-refractivity contribution in [3.8, 4) is 0 Å². The maximum absolute atomic E-state index is 11.2. The number of piperidine rings is 1. The average Bonchev–Trinajstić information content (AvgIpc) is 2.44. The molecule has 1 aromatic carbocycles. The average molecular weight is 291 g/mol. The molecule has 5 nitrogen and oxygen atoms in total. The molecule has 2 rings (SSSR count). The zero-order valence-electron chi connectivity index (χ0n) is 13.1. The molecule has 0 aromatic heterocycles. The minimum atomic E-state index is -0.303. The molecule has 21 heavy (non-hydrogen) atoms. The number of hydrogen-bond donors (Lipinski definition) is 1. The third kappa shape index (κ3) is 3.73. The first-order valence-electron chi connectivity index (χ1n) is 7.75. The molecule has 0 spiro atoms. The molecule has 1 N–H and O–H groups in total. The second-order valence-electron chi connectivity index (χ2n) is 6.08. The van der Waals surface area contributed by atoms with Crippen molar-refractivity contribution >= 4 is 11.4 Å². The highest BCUT2D eigenvalue weighted by atomic mass is 16.6. The fourth-order valence-corrected chi connectivity index (χ4v) is 2.99. The Morgan fingerprint density at radius 1 is 1.38 bits per heavy atom. The van der Waals surface area contributed by atoms with E-state index >= 15 is 0 Å². The maximum Gasteiger partial charge on any atom is 0.292 e. The van der Waals surface area contributed by atoms with E-state index in [1.54, 1.807) is 12.1 Å². The van der Waals surface area contributed by atoms with Crippen LogP contribution in [0.25, 0.3) is 0 Å². The summed E-state index contributed by atoms with van der Waals surface area (Å²) in [5.74, 6) is 1.44. The molecule has 0 radical (unpaired) electrons. The van der Waals surface area contributed by atoms with Crippen molar-refractivity contribution in [2.45, 2.75) is 33.7 Å². The van der Waals surface area contributed by atoms with E-state index in [0.717, 1.165) is 31.1 Å². The Labute approximate surface area is 126 Å². The Balaban J connectivity index is 2.19. The zero-order valence-corrected chi connectivity index (χ0v) is 13.1. The summed E-state index contributed by atoms with van der Waals surface area (Å²) in [4.78, 5) is 13.3. The molecule has 2 unspecified atom stereocenters. The van der Waals surface area contributed by atoms with E-state index in [2.05, 4.69) is 24.1 Å². The molecule has 0 bridgehead atoms. The molecular weight excluding hydrogens is 266 g/mol. The van der Waals surface area contributed by atoms with Crippen molar-refractivity contribution in [3.63, 3.8) is 0 Å². The summed E-state index contributed by atoms with van der Waals surface area (Å²) in [6, 6.07) is 5.35. The maximum atomic E-state index is 11.2. The number of likely N-dealkylation sites (tertiary alicyclic amines) is 1. The number of nitrogens with one attached hydrogen (secondary N) is 1. The van der Waals surface area contributed by atoms with Gasteiger partial charge in [0.1, 0.15) is 5.69 Å². The number of benzene rings is 1. The fraction of sp³-hybridized carbons (Fsp3) is 0.625. The highest BCUT2D eigenvalue weighted by Crippen LogP contribution is 2.31. The van der Waals surface area contributed by atoms with Gasteiger partial charge in [0.25, 0.3) is 5.69 Å². The molecular formula is C16H25N3O2. The van der Waals surface area contributed by atoms with Crippen LogP contribution in [0.3, 0.4) is 0 Å². The van der Waals surface area contributed by atoms with Crippen molar-refractivity contribution in [3.05, 3.63) is 33.9 Å². The van der Waals surface area contributed by atoms with Gasteiger partial charge >= 0.3 is 0 Å². The molecule has 0 amide bonds. The predicted octanol–water partition coefficient (Wildman–Crippen LogP) is 3.50. The Morgan fingerprint density at radius 3 is 2.76 bits per heavy atom. The highest BCUT2D eigenvalue weighted by molar-refractivity contribution is 5.66. The number of para-hydroxylation sites is 1. The number of rotatable bonds is 5. The second-order valence-corrected chi connectivity index (χ2v) is 6.08. The number of nitrogens with zero attached hydrogens (tertiary/aromatic N) is 2. The van der Waals surface area contributed by atoms with Gasteiger partial charge in [-0.15, -0.1) is 0 Å². The van der Waals surface area contributed by atoms with Crippen LogP contribution in [0.5, 0.6) is 0 Å². The largest absolute Gasteiger partial charge is 0.380 e. The van der Waals surface area contributed by atoms with Gasteiger partial charge in [-0.2, -0.15) is 0 Å². The Bertz CT molecular complexity index is 504. The molecule has 1 aliphatic heterocycles. The van der Waals surface area contributed by atoms with Crippen molar-refractivity contribution in [2.24, 2.45) is 11.8 Å². The van der Waals surface area contributed by atoms with Crippen molar-refractivity contribution in [2.75, 3.05) is 25.0 Å². The first-order valence-corrected chi connectivity index (χ1v) is 7.75. The highest BCUT2D eigenvalue weighted by Gasteiger charge is 2.24. The van der Waals surface area contributed by atoms with Gasteiger partial charge in [-0.25, -0.2) is 0 Å². The smallest absolute Gasteiger partial charge is 0.292 e. The first-order chi connectivity index (χ1) is 10.0. The molecule has 5 heteroatoms. The van der Waals surface area contributed by atoms with Gasteiger partial charge in [-0.3, -0.25) is 15.0 Å². The molecule has 1 heterocycles. The van der Waals surface area contributed by atoms with E-state index in [1.807, 2.05) is 13.0 Å². The Hall–Kier alpha value is -1.62. The van der Waals surface area contributed by atoms with Gasteiger partial charge in [-0.1, -0.05) is 26.0 Å². The SMILES string of the molecule is CCNc1c(CN2CCC(C)C(C)C2)cccc1[N+](=O)[O-]. The van der Waals surface area contributed by atoms with Gasteiger partial charge in [0.05, 0.1) is 4.92 Å². The fourth-order valence-electron chi connectivity index (χ4n) is 2.99. The lowest BCUT2D eigenvalue weighted by Gasteiger charge is -2.35. The molecule has 2 atom stereocenters. The lowest BCUT2D eigenvalue weighted by Crippen LogP contribution is -2.38. The van der Waals surface area contributed by atoms with E-state index in [0.29, 0.717) is 18.2 Å². The van der Waals surface area contributed by atoms with Crippen molar-refractivity contribution in [1.29, 1.82) is 0 Å². The lowest BCUT2D eigenvalue weighted by atomic mass is 9.88. The van der Waals surface area contributed by atoms with Crippen LogP contribution in [-0.4, -0.2) is 29.5 Å². The van der Waals surface area contributed by atoms with Gasteiger partial charge in [-0.05, 0) is 37.3 Å². The number of nitro groups is 1. The van der Waals surface area contributed by atoms with Crippen LogP contribution in [-0.2, 0) is 6.54 Å². The minimum absolute atomic E-state index is 0.174. The summed E-state index contributed by atoms with van der Waals surface area (Å²) >= 11 is 0. The van der Waals surface area contributed by atoms with Gasteiger partial charge < -0.3 is 5.32 Å². The number of hydrogen-bond acceptors (Lipinski definition) is 4. The summed E-state index contributed by atoms with van der Waals surface area (Å²) in [5, 5.41) is 14.4. The zero-order chi connectivity index (χ0) is 15.4. The lowest BCUT2D eigenvalue weighted by molar-refractivity contribution is -0.384. The second kappa shape index (κ2) is 6.89. The first kappa shape index (κ1) is 15.8. The van der Waals surface area contributed by atoms with Crippen LogP contribution in [0.2, 0.25) is 0 Å². The number of nitro benzene ring substituents is 1. The third-order valence-corrected chi connectivity index (χ3v) is 4.49. The van der Waals surface area contributed by atoms with Crippen molar-refractivity contribution < 1.29 is 4.92 Å². The van der Waals surface area contributed by atoms with Crippen LogP contribution in [0.4, 0.5) is 11.4 Å². The Morgan fingerprint density at radius 2 is 2.14 bits per heavy atom. The van der Waals surface area contributed by atoms with Crippen LogP contribution < -0.4 is 5.32 Å². The predicted molar refractivity (Wildman–Crippen MR) is 85.5 cm³/mol. The summed E-state index contributed by atoms with van der Waals surface area (Å²) < 4.78 is 0. The van der Waals surface area contributed by atoms with E-state index < -0.39 is 0 Å². The molecule has 116 valence electrons. The van der Waals surface area contributed by atoms with Crippen molar-refractivity contribution in [1.82, 2.24) is 4.90 Å². The molecule has 1 aliphatic rings. The molecule has 1 fully saturated rings. The summed E-state index contributed by atoms with van der Waals surface area (Å²) in [6.07, 6.45) is 1.20. The van der Waals surface area contributed by atoms with E-state index in [9.17, 15) is 10.1 Å². The van der Waals surface area contributed by atoms with Crippen LogP contribution in [0, 0.1) is 22.0 Å². The van der Waals surface area contributed by atoms with Gasteiger partial charge in [0.15, 0.2) is 0 Å². The monoisotopic (exact) mass is 291 g/mol. The summed E-state index contributed by atoms with van der Waals surface area (Å²) in [6.45, 7) is 10.2. The number of anilines is 1. The minimum Gasteiger partial charge on any atom is -0.380 e. The van der Waals surface area contributed by atoms with E-state index in [4.69, 9.17) is 0 Å². The molecule has 0 aliphatic carbocycles. The van der Waals surface area contributed by atoms with Crippen LogP contribution >= 0.6 is 0 Å². The quantitative estimate of drug-likeness (QED) is 0.666.